The number of esters is 1. The predicted octanol–water partition coefficient (Wildman–Crippen LogP) is 2.57. The lowest BCUT2D eigenvalue weighted by molar-refractivity contribution is -0.142. The lowest BCUT2D eigenvalue weighted by Gasteiger charge is -2.08. The van der Waals surface area contributed by atoms with Crippen molar-refractivity contribution >= 4 is 46.8 Å². The molecule has 0 unspecified atom stereocenters. The van der Waals surface area contributed by atoms with Crippen molar-refractivity contribution in [2.45, 2.75) is 6.92 Å². The van der Waals surface area contributed by atoms with Crippen LogP contribution >= 0.6 is 23.2 Å². The Morgan fingerprint density at radius 3 is 2.17 bits per heavy atom. The van der Waals surface area contributed by atoms with Crippen molar-refractivity contribution in [1.82, 2.24) is 10.6 Å². The van der Waals surface area contributed by atoms with Crippen LogP contribution in [-0.4, -0.2) is 43.3 Å². The Labute approximate surface area is 177 Å². The second-order valence-corrected chi connectivity index (χ2v) is 6.85. The summed E-state index contributed by atoms with van der Waals surface area (Å²) < 4.78 is 4.82. The molecule has 0 aliphatic heterocycles. The number of rotatable bonds is 8. The number of hydrogen-bond donors (Lipinski definition) is 2. The molecule has 2 aromatic carbocycles. The van der Waals surface area contributed by atoms with Crippen LogP contribution in [0.1, 0.15) is 26.3 Å². The maximum Gasteiger partial charge on any atom is 0.325 e. The third-order valence-corrected chi connectivity index (χ3v) is 4.50. The normalized spacial score (nSPS) is 10.2. The van der Waals surface area contributed by atoms with Gasteiger partial charge in [-0.2, -0.15) is 0 Å². The summed E-state index contributed by atoms with van der Waals surface area (Å²) in [7, 11) is 0. The average Bonchev–Trinajstić information content (AvgIpc) is 2.71. The molecule has 152 valence electrons. The van der Waals surface area contributed by atoms with E-state index in [0.717, 1.165) is 5.56 Å². The lowest BCUT2D eigenvalue weighted by atomic mass is 10.1. The molecule has 0 aliphatic carbocycles. The summed E-state index contributed by atoms with van der Waals surface area (Å²) in [5.74, 6) is -2.24. The van der Waals surface area contributed by atoms with Gasteiger partial charge in [-0.25, -0.2) is 0 Å². The van der Waals surface area contributed by atoms with Gasteiger partial charge in [-0.3, -0.25) is 19.2 Å². The monoisotopic (exact) mass is 436 g/mol. The molecule has 7 nitrogen and oxygen atoms in total. The van der Waals surface area contributed by atoms with E-state index >= 15 is 0 Å². The van der Waals surface area contributed by atoms with E-state index in [1.54, 1.807) is 24.3 Å². The number of ether oxygens (including phenoxy) is 1. The highest BCUT2D eigenvalue weighted by molar-refractivity contribution is 6.42. The van der Waals surface area contributed by atoms with E-state index in [0.29, 0.717) is 10.6 Å². The second kappa shape index (κ2) is 10.6. The van der Waals surface area contributed by atoms with Crippen molar-refractivity contribution in [2.24, 2.45) is 0 Å². The minimum Gasteiger partial charge on any atom is -0.456 e. The SMILES string of the molecule is Cc1ccc(C(=O)NCC(=O)NCC(=O)OCC(=O)c2ccc(Cl)c(Cl)c2)cc1. The second-order valence-electron chi connectivity index (χ2n) is 6.04. The number of carbonyl (C=O) groups excluding carboxylic acids is 4. The molecule has 0 radical (unpaired) electrons. The number of nitrogens with one attached hydrogen (secondary N) is 2. The Morgan fingerprint density at radius 1 is 0.862 bits per heavy atom. The van der Waals surface area contributed by atoms with Crippen LogP contribution in [0.4, 0.5) is 0 Å². The van der Waals surface area contributed by atoms with E-state index in [1.807, 2.05) is 6.92 Å². The van der Waals surface area contributed by atoms with Crippen molar-refractivity contribution in [3.05, 3.63) is 69.2 Å². The van der Waals surface area contributed by atoms with E-state index in [4.69, 9.17) is 27.9 Å². The number of Topliss-reactive ketones (excluding diaryl/α,β-unsaturated/α-hetero) is 1. The topological polar surface area (TPSA) is 102 Å². The third kappa shape index (κ3) is 7.21. The zero-order chi connectivity index (χ0) is 21.4. The highest BCUT2D eigenvalue weighted by Crippen LogP contribution is 2.22. The Hall–Kier alpha value is -2.90. The molecule has 0 spiro atoms. The Morgan fingerprint density at radius 2 is 1.52 bits per heavy atom. The number of halogens is 2. The van der Waals surface area contributed by atoms with E-state index in [1.165, 1.54) is 18.2 Å². The molecule has 0 saturated heterocycles. The van der Waals surface area contributed by atoms with Gasteiger partial charge in [0.2, 0.25) is 5.91 Å². The minimum absolute atomic E-state index is 0.212. The first-order chi connectivity index (χ1) is 13.8. The standard InChI is InChI=1S/C20H18Cl2N2O5/c1-12-2-4-13(5-3-12)20(28)24-9-18(26)23-10-19(27)29-11-17(25)14-6-7-15(21)16(22)8-14/h2-8H,9-11H2,1H3,(H,23,26)(H,24,28). The van der Waals surface area contributed by atoms with Crippen molar-refractivity contribution in [3.8, 4) is 0 Å². The van der Waals surface area contributed by atoms with Crippen molar-refractivity contribution in [2.75, 3.05) is 19.7 Å². The van der Waals surface area contributed by atoms with Gasteiger partial charge in [0.25, 0.3) is 5.91 Å². The molecule has 9 heteroatoms. The fourth-order valence-corrected chi connectivity index (χ4v) is 2.45. The molecule has 0 heterocycles. The largest absolute Gasteiger partial charge is 0.456 e. The fourth-order valence-electron chi connectivity index (χ4n) is 2.15. The van der Waals surface area contributed by atoms with Crippen molar-refractivity contribution in [3.63, 3.8) is 0 Å². The average molecular weight is 437 g/mol. The Kier molecular flexibility index (Phi) is 8.18. The zero-order valence-corrected chi connectivity index (χ0v) is 17.0. The molecule has 0 saturated carbocycles. The zero-order valence-electron chi connectivity index (χ0n) is 15.5. The van der Waals surface area contributed by atoms with Gasteiger partial charge in [0.1, 0.15) is 6.54 Å². The quantitative estimate of drug-likeness (QED) is 0.489. The van der Waals surface area contributed by atoms with Crippen LogP contribution in [0.5, 0.6) is 0 Å². The predicted molar refractivity (Wildman–Crippen MR) is 108 cm³/mol. The van der Waals surface area contributed by atoms with E-state index in [-0.39, 0.29) is 17.1 Å². The van der Waals surface area contributed by atoms with Gasteiger partial charge in [0.05, 0.1) is 16.6 Å². The first-order valence-corrected chi connectivity index (χ1v) is 9.27. The van der Waals surface area contributed by atoms with Crippen LogP contribution in [0, 0.1) is 6.92 Å². The smallest absolute Gasteiger partial charge is 0.325 e. The maximum absolute atomic E-state index is 12.0. The lowest BCUT2D eigenvalue weighted by Crippen LogP contribution is -2.39. The first kappa shape index (κ1) is 22.4. The van der Waals surface area contributed by atoms with E-state index in [2.05, 4.69) is 10.6 Å². The molecule has 2 N–H and O–H groups in total. The third-order valence-electron chi connectivity index (χ3n) is 3.76. The van der Waals surface area contributed by atoms with Gasteiger partial charge in [-0.15, -0.1) is 0 Å². The van der Waals surface area contributed by atoms with Gasteiger partial charge in [-0.05, 0) is 37.3 Å². The molecule has 0 fully saturated rings. The number of aryl methyl sites for hydroxylation is 1. The van der Waals surface area contributed by atoms with Crippen LogP contribution in [0.25, 0.3) is 0 Å². The molecule has 0 aliphatic rings. The van der Waals surface area contributed by atoms with E-state index < -0.39 is 36.7 Å². The Balaban J connectivity index is 1.69. The first-order valence-electron chi connectivity index (χ1n) is 8.51. The van der Waals surface area contributed by atoms with Gasteiger partial charge in [0.15, 0.2) is 12.4 Å². The number of ketones is 1. The Bertz CT molecular complexity index is 929. The number of hydrogen-bond acceptors (Lipinski definition) is 5. The highest BCUT2D eigenvalue weighted by atomic mass is 35.5. The van der Waals surface area contributed by atoms with Gasteiger partial charge in [0, 0.05) is 11.1 Å². The summed E-state index contributed by atoms with van der Waals surface area (Å²) in [5.41, 5.74) is 1.68. The summed E-state index contributed by atoms with van der Waals surface area (Å²) in [4.78, 5) is 47.3. The molecular formula is C20H18Cl2N2O5. The van der Waals surface area contributed by atoms with Crippen LogP contribution in [-0.2, 0) is 14.3 Å². The summed E-state index contributed by atoms with van der Waals surface area (Å²) >= 11 is 11.6. The number of carbonyl (C=O) groups is 4. The molecule has 2 amide bonds. The molecule has 0 bridgehead atoms. The summed E-state index contributed by atoms with van der Waals surface area (Å²) in [5, 5.41) is 5.26. The summed E-state index contributed by atoms with van der Waals surface area (Å²) in [6.07, 6.45) is 0. The number of amides is 2. The molecule has 2 aromatic rings. The van der Waals surface area contributed by atoms with Crippen molar-refractivity contribution in [1.29, 1.82) is 0 Å². The molecule has 2 rings (SSSR count). The van der Waals surface area contributed by atoms with Gasteiger partial charge in [-0.1, -0.05) is 40.9 Å². The van der Waals surface area contributed by atoms with Crippen LogP contribution in [0.2, 0.25) is 10.0 Å². The van der Waals surface area contributed by atoms with Gasteiger partial charge < -0.3 is 15.4 Å². The minimum atomic E-state index is -0.795. The highest BCUT2D eigenvalue weighted by Gasteiger charge is 2.13. The van der Waals surface area contributed by atoms with Crippen LogP contribution in [0.15, 0.2) is 42.5 Å². The molecule has 29 heavy (non-hydrogen) atoms. The molecular weight excluding hydrogens is 419 g/mol. The molecule has 0 atom stereocenters. The summed E-state index contributed by atoms with van der Waals surface area (Å²) in [6.45, 7) is 0.652. The van der Waals surface area contributed by atoms with Crippen LogP contribution in [0.3, 0.4) is 0 Å². The fraction of sp³-hybridized carbons (Fsp3) is 0.200. The van der Waals surface area contributed by atoms with Crippen LogP contribution < -0.4 is 10.6 Å². The summed E-state index contributed by atoms with van der Waals surface area (Å²) in [6, 6.07) is 11.1. The molecule has 0 aromatic heterocycles. The number of benzene rings is 2. The van der Waals surface area contributed by atoms with E-state index in [9.17, 15) is 19.2 Å². The van der Waals surface area contributed by atoms with Crippen molar-refractivity contribution < 1.29 is 23.9 Å². The van der Waals surface area contributed by atoms with Gasteiger partial charge >= 0.3 is 5.97 Å². The maximum atomic E-state index is 12.0.